The lowest BCUT2D eigenvalue weighted by atomic mass is 9.61. The zero-order valence-electron chi connectivity index (χ0n) is 14.5. The molecule has 122 valence electrons. The average Bonchev–Trinajstić information content (AvgIpc) is 2.58. The van der Waals surface area contributed by atoms with E-state index in [1.807, 2.05) is 0 Å². The SMILES string of the molecule is CC(C1CCCCC1)C(C1CCCCC1)C1CCCCC1. The molecule has 21 heavy (non-hydrogen) atoms. The molecule has 0 bridgehead atoms. The van der Waals surface area contributed by atoms with E-state index in [0.29, 0.717) is 0 Å². The highest BCUT2D eigenvalue weighted by Gasteiger charge is 2.38. The molecule has 0 amide bonds. The molecule has 0 aromatic heterocycles. The van der Waals surface area contributed by atoms with Crippen LogP contribution in [0.2, 0.25) is 0 Å². The van der Waals surface area contributed by atoms with Gasteiger partial charge in [0, 0.05) is 0 Å². The molecule has 3 rings (SSSR count). The number of hydrogen-bond donors (Lipinski definition) is 0. The standard InChI is InChI=1S/C21H38/c1-17(18-11-5-2-6-12-18)21(19-13-7-3-8-14-19)20-15-9-4-10-16-20/h17-21H,2-16H2,1H3. The van der Waals surface area contributed by atoms with Gasteiger partial charge in [-0.3, -0.25) is 0 Å². The van der Waals surface area contributed by atoms with Gasteiger partial charge < -0.3 is 0 Å². The third kappa shape index (κ3) is 4.05. The largest absolute Gasteiger partial charge is 0.0620 e. The van der Waals surface area contributed by atoms with Crippen molar-refractivity contribution in [3.63, 3.8) is 0 Å². The van der Waals surface area contributed by atoms with E-state index in [0.717, 1.165) is 29.6 Å². The molecule has 0 N–H and O–H groups in total. The predicted octanol–water partition coefficient (Wildman–Crippen LogP) is 6.98. The van der Waals surface area contributed by atoms with Gasteiger partial charge in [0.2, 0.25) is 0 Å². The molecule has 0 nitrogen and oxygen atoms in total. The van der Waals surface area contributed by atoms with Crippen molar-refractivity contribution in [1.82, 2.24) is 0 Å². The molecule has 0 aliphatic heterocycles. The molecule has 0 radical (unpaired) electrons. The van der Waals surface area contributed by atoms with Crippen LogP contribution in [-0.4, -0.2) is 0 Å². The molecular formula is C21H38. The highest BCUT2D eigenvalue weighted by Crippen LogP contribution is 2.47. The Kier molecular flexibility index (Phi) is 6.07. The van der Waals surface area contributed by atoms with Crippen molar-refractivity contribution in [3.05, 3.63) is 0 Å². The Balaban J connectivity index is 1.69. The highest BCUT2D eigenvalue weighted by atomic mass is 14.4. The summed E-state index contributed by atoms with van der Waals surface area (Å²) in [7, 11) is 0. The van der Waals surface area contributed by atoms with Crippen molar-refractivity contribution in [2.24, 2.45) is 29.6 Å². The van der Waals surface area contributed by atoms with E-state index in [1.165, 1.54) is 57.8 Å². The van der Waals surface area contributed by atoms with Gasteiger partial charge >= 0.3 is 0 Å². The van der Waals surface area contributed by atoms with Crippen LogP contribution in [0.5, 0.6) is 0 Å². The summed E-state index contributed by atoms with van der Waals surface area (Å²) in [6, 6.07) is 0. The first-order valence-electron chi connectivity index (χ1n) is 10.4. The van der Waals surface area contributed by atoms with Crippen molar-refractivity contribution >= 4 is 0 Å². The van der Waals surface area contributed by atoms with Gasteiger partial charge in [-0.2, -0.15) is 0 Å². The highest BCUT2D eigenvalue weighted by molar-refractivity contribution is 4.88. The van der Waals surface area contributed by atoms with Gasteiger partial charge in [-0.05, 0) is 29.6 Å². The number of hydrogen-bond acceptors (Lipinski definition) is 0. The van der Waals surface area contributed by atoms with E-state index < -0.39 is 0 Å². The van der Waals surface area contributed by atoms with Gasteiger partial charge in [-0.1, -0.05) is 103 Å². The third-order valence-electron chi connectivity index (χ3n) is 7.39. The molecule has 0 saturated heterocycles. The topological polar surface area (TPSA) is 0 Å². The second kappa shape index (κ2) is 8.02. The molecule has 3 saturated carbocycles. The third-order valence-corrected chi connectivity index (χ3v) is 7.39. The summed E-state index contributed by atoms with van der Waals surface area (Å²) in [4.78, 5) is 0. The van der Waals surface area contributed by atoms with E-state index in [9.17, 15) is 0 Å². The van der Waals surface area contributed by atoms with Crippen molar-refractivity contribution in [2.75, 3.05) is 0 Å². The van der Waals surface area contributed by atoms with Crippen molar-refractivity contribution in [2.45, 2.75) is 103 Å². The Labute approximate surface area is 133 Å². The fraction of sp³-hybridized carbons (Fsp3) is 1.00. The van der Waals surface area contributed by atoms with Gasteiger partial charge in [0.05, 0.1) is 0 Å². The smallest absolute Gasteiger partial charge is 0.0329 e. The molecule has 0 heteroatoms. The van der Waals surface area contributed by atoms with Crippen molar-refractivity contribution in [3.8, 4) is 0 Å². The fourth-order valence-corrected chi connectivity index (χ4v) is 6.26. The Bertz CT molecular complexity index is 258. The summed E-state index contributed by atoms with van der Waals surface area (Å²) in [5, 5.41) is 0. The lowest BCUT2D eigenvalue weighted by molar-refractivity contribution is 0.0538. The molecule has 3 aliphatic carbocycles. The molecule has 3 aliphatic rings. The van der Waals surface area contributed by atoms with Crippen LogP contribution in [-0.2, 0) is 0 Å². The first-order valence-corrected chi connectivity index (χ1v) is 10.4. The molecule has 0 heterocycles. The van der Waals surface area contributed by atoms with Gasteiger partial charge in [0.1, 0.15) is 0 Å². The van der Waals surface area contributed by atoms with Gasteiger partial charge in [0.25, 0.3) is 0 Å². The van der Waals surface area contributed by atoms with E-state index >= 15 is 0 Å². The van der Waals surface area contributed by atoms with Crippen LogP contribution in [0.15, 0.2) is 0 Å². The molecule has 0 aromatic rings. The van der Waals surface area contributed by atoms with Crippen molar-refractivity contribution in [1.29, 1.82) is 0 Å². The summed E-state index contributed by atoms with van der Waals surface area (Å²) < 4.78 is 0. The Morgan fingerprint density at radius 1 is 0.476 bits per heavy atom. The molecule has 0 aromatic carbocycles. The minimum Gasteiger partial charge on any atom is -0.0620 e. The molecule has 1 unspecified atom stereocenters. The Morgan fingerprint density at radius 3 is 1.19 bits per heavy atom. The van der Waals surface area contributed by atoms with Crippen LogP contribution in [0, 0.1) is 29.6 Å². The maximum Gasteiger partial charge on any atom is -0.0329 e. The van der Waals surface area contributed by atoms with E-state index in [2.05, 4.69) is 6.92 Å². The van der Waals surface area contributed by atoms with E-state index in [1.54, 1.807) is 38.5 Å². The molecular weight excluding hydrogens is 252 g/mol. The van der Waals surface area contributed by atoms with Gasteiger partial charge in [-0.25, -0.2) is 0 Å². The van der Waals surface area contributed by atoms with Crippen LogP contribution in [0.4, 0.5) is 0 Å². The predicted molar refractivity (Wildman–Crippen MR) is 92.4 cm³/mol. The van der Waals surface area contributed by atoms with E-state index in [4.69, 9.17) is 0 Å². The van der Waals surface area contributed by atoms with Crippen molar-refractivity contribution < 1.29 is 0 Å². The second-order valence-corrected chi connectivity index (χ2v) is 8.63. The van der Waals surface area contributed by atoms with Gasteiger partial charge in [-0.15, -0.1) is 0 Å². The first-order chi connectivity index (χ1) is 10.4. The molecule has 1 atom stereocenters. The summed E-state index contributed by atoms with van der Waals surface area (Å²) in [6.07, 6.45) is 23.1. The minimum absolute atomic E-state index is 1.02. The first kappa shape index (κ1) is 15.9. The Hall–Kier alpha value is 0. The zero-order chi connectivity index (χ0) is 14.5. The van der Waals surface area contributed by atoms with E-state index in [-0.39, 0.29) is 0 Å². The zero-order valence-corrected chi connectivity index (χ0v) is 14.5. The van der Waals surface area contributed by atoms with Gasteiger partial charge in [0.15, 0.2) is 0 Å². The maximum atomic E-state index is 2.67. The fourth-order valence-electron chi connectivity index (χ4n) is 6.26. The monoisotopic (exact) mass is 290 g/mol. The van der Waals surface area contributed by atoms with Crippen LogP contribution in [0.1, 0.15) is 103 Å². The minimum atomic E-state index is 1.02. The Morgan fingerprint density at radius 2 is 0.810 bits per heavy atom. The lowest BCUT2D eigenvalue weighted by Gasteiger charge is -2.44. The average molecular weight is 291 g/mol. The second-order valence-electron chi connectivity index (χ2n) is 8.63. The molecule has 3 fully saturated rings. The van der Waals surface area contributed by atoms with Crippen LogP contribution in [0.25, 0.3) is 0 Å². The summed E-state index contributed by atoms with van der Waals surface area (Å²) in [5.41, 5.74) is 0. The summed E-state index contributed by atoms with van der Waals surface area (Å²) >= 11 is 0. The summed E-state index contributed by atoms with van der Waals surface area (Å²) in [6.45, 7) is 2.67. The summed E-state index contributed by atoms with van der Waals surface area (Å²) in [5.74, 6) is 5.38. The van der Waals surface area contributed by atoms with Crippen LogP contribution >= 0.6 is 0 Å². The van der Waals surface area contributed by atoms with Crippen LogP contribution in [0.3, 0.4) is 0 Å². The van der Waals surface area contributed by atoms with Crippen LogP contribution < -0.4 is 0 Å². The maximum absolute atomic E-state index is 2.67. The lowest BCUT2D eigenvalue weighted by Crippen LogP contribution is -2.36. The normalized spacial score (nSPS) is 28.9. The molecule has 0 spiro atoms. The number of rotatable bonds is 4. The quantitative estimate of drug-likeness (QED) is 0.524.